The van der Waals surface area contributed by atoms with Crippen molar-refractivity contribution in [2.24, 2.45) is 0 Å². The molecule has 0 unspecified atom stereocenters. The molecular formula is C14H24N2O2S2. The van der Waals surface area contributed by atoms with E-state index in [-0.39, 0.29) is 11.5 Å². The van der Waals surface area contributed by atoms with Gasteiger partial charge in [0.25, 0.3) is 10.0 Å². The summed E-state index contributed by atoms with van der Waals surface area (Å²) < 4.78 is 27.4. The predicted molar refractivity (Wildman–Crippen MR) is 83.9 cm³/mol. The maximum atomic E-state index is 12.7. The average Bonchev–Trinajstić information content (AvgIpc) is 2.89. The van der Waals surface area contributed by atoms with E-state index in [1.807, 2.05) is 6.07 Å². The smallest absolute Gasteiger partial charge is 0.252 e. The lowest BCUT2D eigenvalue weighted by molar-refractivity contribution is 0.297. The van der Waals surface area contributed by atoms with Crippen molar-refractivity contribution in [3.63, 3.8) is 0 Å². The third kappa shape index (κ3) is 3.24. The molecule has 1 N–H and O–H groups in total. The highest BCUT2D eigenvalue weighted by atomic mass is 32.2. The number of nitrogens with one attached hydrogen (secondary N) is 1. The minimum absolute atomic E-state index is 0.00817. The molecule has 0 bridgehead atoms. The summed E-state index contributed by atoms with van der Waals surface area (Å²) in [6.07, 6.45) is 1.76. The standard InChI is InChI=1S/C14H24N2O2S2/c1-14(2,3)12-5-6-13(19-12)20(17,18)16(4)11-7-9-15-10-8-11/h5-6,11,15H,7-10H2,1-4H3. The van der Waals surface area contributed by atoms with E-state index in [2.05, 4.69) is 26.1 Å². The van der Waals surface area contributed by atoms with Crippen LogP contribution >= 0.6 is 11.3 Å². The van der Waals surface area contributed by atoms with Crippen molar-refractivity contribution in [1.29, 1.82) is 0 Å². The molecule has 0 radical (unpaired) electrons. The molecule has 114 valence electrons. The summed E-state index contributed by atoms with van der Waals surface area (Å²) >= 11 is 1.39. The molecule has 4 nitrogen and oxygen atoms in total. The number of rotatable bonds is 3. The lowest BCUT2D eigenvalue weighted by Gasteiger charge is -2.30. The molecule has 2 rings (SSSR count). The first-order valence-corrected chi connectivity index (χ1v) is 9.27. The normalized spacial score (nSPS) is 18.6. The maximum absolute atomic E-state index is 12.7. The lowest BCUT2D eigenvalue weighted by atomic mass is 9.95. The summed E-state index contributed by atoms with van der Waals surface area (Å²) in [6, 6.07) is 3.80. The van der Waals surface area contributed by atoms with E-state index in [1.54, 1.807) is 17.4 Å². The van der Waals surface area contributed by atoms with Gasteiger partial charge in [-0.15, -0.1) is 11.3 Å². The summed E-state index contributed by atoms with van der Waals surface area (Å²) in [4.78, 5) is 1.11. The highest BCUT2D eigenvalue weighted by molar-refractivity contribution is 7.91. The van der Waals surface area contributed by atoms with Crippen LogP contribution in [-0.2, 0) is 15.4 Å². The van der Waals surface area contributed by atoms with Crippen molar-refractivity contribution in [1.82, 2.24) is 9.62 Å². The molecule has 0 saturated carbocycles. The second-order valence-corrected chi connectivity index (χ2v) is 9.68. The summed E-state index contributed by atoms with van der Waals surface area (Å²) in [5.74, 6) is 0. The zero-order chi connectivity index (χ0) is 15.0. The predicted octanol–water partition coefficient (Wildman–Crippen LogP) is 2.42. The number of piperidine rings is 1. The lowest BCUT2D eigenvalue weighted by Crippen LogP contribution is -2.43. The Balaban J connectivity index is 2.23. The van der Waals surface area contributed by atoms with Crippen molar-refractivity contribution in [3.8, 4) is 0 Å². The van der Waals surface area contributed by atoms with Crippen LogP contribution in [0, 0.1) is 0 Å². The second kappa shape index (κ2) is 5.75. The van der Waals surface area contributed by atoms with Crippen LogP contribution in [0.3, 0.4) is 0 Å². The zero-order valence-corrected chi connectivity index (χ0v) is 14.3. The Morgan fingerprint density at radius 1 is 1.25 bits per heavy atom. The number of hydrogen-bond donors (Lipinski definition) is 1. The SMILES string of the molecule is CN(C1CCNCC1)S(=O)(=O)c1ccc(C(C)(C)C)s1. The first kappa shape index (κ1) is 15.9. The van der Waals surface area contributed by atoms with Gasteiger partial charge >= 0.3 is 0 Å². The van der Waals surface area contributed by atoms with Crippen molar-refractivity contribution in [2.75, 3.05) is 20.1 Å². The molecule has 1 aromatic rings. The molecule has 2 heterocycles. The van der Waals surface area contributed by atoms with Crippen molar-refractivity contribution < 1.29 is 8.42 Å². The van der Waals surface area contributed by atoms with E-state index in [0.717, 1.165) is 30.8 Å². The molecule has 0 spiro atoms. The van der Waals surface area contributed by atoms with Gasteiger partial charge in [0.2, 0.25) is 0 Å². The molecule has 0 amide bonds. The summed E-state index contributed by atoms with van der Waals surface area (Å²) in [5, 5.41) is 3.27. The van der Waals surface area contributed by atoms with Gasteiger partial charge < -0.3 is 5.32 Å². The molecule has 1 saturated heterocycles. The molecule has 1 aromatic heterocycles. The van der Waals surface area contributed by atoms with E-state index >= 15 is 0 Å². The van der Waals surface area contributed by atoms with Gasteiger partial charge in [-0.05, 0) is 43.5 Å². The molecule has 0 aromatic carbocycles. The maximum Gasteiger partial charge on any atom is 0.252 e. The number of hydrogen-bond acceptors (Lipinski definition) is 4. The van der Waals surface area contributed by atoms with Crippen LogP contribution in [0.5, 0.6) is 0 Å². The largest absolute Gasteiger partial charge is 0.317 e. The zero-order valence-electron chi connectivity index (χ0n) is 12.6. The van der Waals surface area contributed by atoms with Gasteiger partial charge in [0, 0.05) is 18.0 Å². The Labute approximate surface area is 126 Å². The van der Waals surface area contributed by atoms with E-state index < -0.39 is 10.0 Å². The quantitative estimate of drug-likeness (QED) is 0.931. The second-order valence-electron chi connectivity index (χ2n) is 6.37. The minimum Gasteiger partial charge on any atom is -0.317 e. The molecule has 0 atom stereocenters. The number of sulfonamides is 1. The van der Waals surface area contributed by atoms with E-state index in [0.29, 0.717) is 4.21 Å². The van der Waals surface area contributed by atoms with E-state index in [4.69, 9.17) is 0 Å². The average molecular weight is 316 g/mol. The minimum atomic E-state index is -3.35. The van der Waals surface area contributed by atoms with Crippen LogP contribution in [-0.4, -0.2) is 38.9 Å². The Kier molecular flexibility index (Phi) is 4.59. The van der Waals surface area contributed by atoms with Gasteiger partial charge in [0.1, 0.15) is 4.21 Å². The van der Waals surface area contributed by atoms with Gasteiger partial charge in [-0.25, -0.2) is 8.42 Å². The van der Waals surface area contributed by atoms with Crippen LogP contribution in [0.25, 0.3) is 0 Å². The van der Waals surface area contributed by atoms with Crippen molar-refractivity contribution >= 4 is 21.4 Å². The van der Waals surface area contributed by atoms with Crippen LogP contribution in [0.4, 0.5) is 0 Å². The molecule has 1 fully saturated rings. The molecular weight excluding hydrogens is 292 g/mol. The molecule has 20 heavy (non-hydrogen) atoms. The van der Waals surface area contributed by atoms with E-state index in [9.17, 15) is 8.42 Å². The van der Waals surface area contributed by atoms with Gasteiger partial charge in [-0.3, -0.25) is 0 Å². The molecule has 1 aliphatic heterocycles. The van der Waals surface area contributed by atoms with Crippen LogP contribution in [0.1, 0.15) is 38.5 Å². The Bertz CT molecular complexity index is 552. The van der Waals surface area contributed by atoms with Gasteiger partial charge in [-0.2, -0.15) is 4.31 Å². The van der Waals surface area contributed by atoms with E-state index in [1.165, 1.54) is 11.3 Å². The summed E-state index contributed by atoms with van der Waals surface area (Å²) in [6.45, 7) is 8.09. The Hall–Kier alpha value is -0.430. The van der Waals surface area contributed by atoms with Crippen molar-refractivity contribution in [2.45, 2.75) is 49.3 Å². The summed E-state index contributed by atoms with van der Waals surface area (Å²) in [5.41, 5.74) is -0.00817. The number of thiophene rings is 1. The fraction of sp³-hybridized carbons (Fsp3) is 0.714. The Morgan fingerprint density at radius 2 is 1.85 bits per heavy atom. The monoisotopic (exact) mass is 316 g/mol. The third-order valence-corrected chi connectivity index (χ3v) is 7.67. The molecule has 0 aliphatic carbocycles. The van der Waals surface area contributed by atoms with Gasteiger partial charge in [0.05, 0.1) is 0 Å². The fourth-order valence-corrected chi connectivity index (χ4v) is 5.34. The third-order valence-electron chi connectivity index (χ3n) is 3.78. The highest BCUT2D eigenvalue weighted by Crippen LogP contribution is 2.33. The Morgan fingerprint density at radius 3 is 2.35 bits per heavy atom. The van der Waals surface area contributed by atoms with Crippen LogP contribution < -0.4 is 5.32 Å². The summed E-state index contributed by atoms with van der Waals surface area (Å²) in [7, 11) is -1.64. The van der Waals surface area contributed by atoms with Gasteiger partial charge in [0.15, 0.2) is 0 Å². The first-order chi connectivity index (χ1) is 9.23. The van der Waals surface area contributed by atoms with Crippen molar-refractivity contribution in [3.05, 3.63) is 17.0 Å². The highest BCUT2D eigenvalue weighted by Gasteiger charge is 2.31. The van der Waals surface area contributed by atoms with Gasteiger partial charge in [-0.1, -0.05) is 20.8 Å². The first-order valence-electron chi connectivity index (χ1n) is 7.02. The molecule has 1 aliphatic rings. The van der Waals surface area contributed by atoms with Crippen LogP contribution in [0.2, 0.25) is 0 Å². The fourth-order valence-electron chi connectivity index (χ4n) is 2.37. The van der Waals surface area contributed by atoms with Crippen LogP contribution in [0.15, 0.2) is 16.3 Å². The number of nitrogens with zero attached hydrogens (tertiary/aromatic N) is 1. The topological polar surface area (TPSA) is 49.4 Å². The molecule has 6 heteroatoms.